The molecule has 1 N–H and O–H groups in total. The minimum Gasteiger partial charge on any atom is -0.387 e. The van der Waals surface area contributed by atoms with Gasteiger partial charge in [-0.25, -0.2) is 0 Å². The molecule has 21 heavy (non-hydrogen) atoms. The molecule has 1 unspecified atom stereocenters. The van der Waals surface area contributed by atoms with Crippen molar-refractivity contribution in [1.82, 2.24) is 19.7 Å². The molecule has 5 heteroatoms. The smallest absolute Gasteiger partial charge is 0.147 e. The van der Waals surface area contributed by atoms with Crippen LogP contribution < -0.4 is 0 Å². The fourth-order valence-electron chi connectivity index (χ4n) is 2.82. The summed E-state index contributed by atoms with van der Waals surface area (Å²) in [6, 6.07) is 8.33. The van der Waals surface area contributed by atoms with Crippen molar-refractivity contribution in [2.24, 2.45) is 0 Å². The van der Waals surface area contributed by atoms with Gasteiger partial charge < -0.3 is 9.67 Å². The van der Waals surface area contributed by atoms with Gasteiger partial charge in [-0.05, 0) is 17.5 Å². The van der Waals surface area contributed by atoms with Crippen LogP contribution in [0.1, 0.15) is 36.4 Å². The van der Waals surface area contributed by atoms with Crippen molar-refractivity contribution in [2.45, 2.75) is 39.0 Å². The topological polar surface area (TPSA) is 54.2 Å². The second kappa shape index (κ2) is 6.37. The minimum absolute atomic E-state index is 0.449. The number of fused-ring (bicyclic) bond motifs is 1. The molecule has 1 aromatic carbocycles. The Morgan fingerprint density at radius 2 is 2.05 bits per heavy atom. The number of nitrogens with zero attached hydrogens (tertiary/aromatic N) is 4. The van der Waals surface area contributed by atoms with Gasteiger partial charge in [0, 0.05) is 19.6 Å². The summed E-state index contributed by atoms with van der Waals surface area (Å²) in [5, 5.41) is 18.4. The summed E-state index contributed by atoms with van der Waals surface area (Å²) < 4.78 is 2.07. The first-order chi connectivity index (χ1) is 10.3. The monoisotopic (exact) mass is 286 g/mol. The molecule has 0 amide bonds. The molecule has 112 valence electrons. The molecule has 1 aliphatic heterocycles. The van der Waals surface area contributed by atoms with Gasteiger partial charge in [0.15, 0.2) is 0 Å². The maximum absolute atomic E-state index is 10.4. The molecule has 0 saturated heterocycles. The average molecular weight is 286 g/mol. The zero-order valence-electron chi connectivity index (χ0n) is 12.4. The van der Waals surface area contributed by atoms with Gasteiger partial charge in [-0.2, -0.15) is 0 Å². The van der Waals surface area contributed by atoms with Crippen LogP contribution in [-0.2, 0) is 19.5 Å². The van der Waals surface area contributed by atoms with E-state index in [0.717, 1.165) is 43.9 Å². The van der Waals surface area contributed by atoms with Crippen LogP contribution in [0.3, 0.4) is 0 Å². The van der Waals surface area contributed by atoms with Crippen molar-refractivity contribution >= 4 is 0 Å². The van der Waals surface area contributed by atoms with Crippen molar-refractivity contribution in [3.8, 4) is 0 Å². The van der Waals surface area contributed by atoms with E-state index in [2.05, 4.69) is 38.7 Å². The summed E-state index contributed by atoms with van der Waals surface area (Å²) >= 11 is 0. The van der Waals surface area contributed by atoms with Crippen LogP contribution in [0.15, 0.2) is 30.6 Å². The van der Waals surface area contributed by atoms with Crippen molar-refractivity contribution in [3.63, 3.8) is 0 Å². The third kappa shape index (κ3) is 3.31. The number of aromatic nitrogens is 3. The maximum Gasteiger partial charge on any atom is 0.147 e. The Balaban J connectivity index is 1.60. The SMILES string of the molecule is CCCc1ccc(C(O)CN2CCn3cnnc3C2)cc1. The summed E-state index contributed by atoms with van der Waals surface area (Å²) in [7, 11) is 0. The van der Waals surface area contributed by atoms with Crippen LogP contribution in [0, 0.1) is 0 Å². The van der Waals surface area contributed by atoms with Crippen molar-refractivity contribution in [2.75, 3.05) is 13.1 Å². The molecule has 0 spiro atoms. The summed E-state index contributed by atoms with van der Waals surface area (Å²) in [4.78, 5) is 2.23. The highest BCUT2D eigenvalue weighted by atomic mass is 16.3. The van der Waals surface area contributed by atoms with Crippen molar-refractivity contribution < 1.29 is 5.11 Å². The lowest BCUT2D eigenvalue weighted by Crippen LogP contribution is -2.36. The number of β-amino-alcohol motifs (C(OH)–C–C–N with tert-alkyl or cyclic N) is 1. The highest BCUT2D eigenvalue weighted by Gasteiger charge is 2.20. The highest BCUT2D eigenvalue weighted by Crippen LogP contribution is 2.18. The van der Waals surface area contributed by atoms with Crippen molar-refractivity contribution in [3.05, 3.63) is 47.5 Å². The van der Waals surface area contributed by atoms with E-state index >= 15 is 0 Å². The molecule has 0 saturated carbocycles. The fourth-order valence-corrected chi connectivity index (χ4v) is 2.82. The van der Waals surface area contributed by atoms with Gasteiger partial charge in [-0.1, -0.05) is 37.6 Å². The minimum atomic E-state index is -0.449. The molecule has 0 fully saturated rings. The van der Waals surface area contributed by atoms with E-state index in [0.29, 0.717) is 6.54 Å². The lowest BCUT2D eigenvalue weighted by atomic mass is 10.0. The molecule has 0 radical (unpaired) electrons. The van der Waals surface area contributed by atoms with Crippen molar-refractivity contribution in [1.29, 1.82) is 0 Å². The van der Waals surface area contributed by atoms with Gasteiger partial charge in [0.2, 0.25) is 0 Å². The standard InChI is InChI=1S/C16H22N4O/c1-2-3-13-4-6-14(7-5-13)15(21)10-19-8-9-20-12-17-18-16(20)11-19/h4-7,12,15,21H,2-3,8-11H2,1H3. The first kappa shape index (κ1) is 14.2. The molecule has 1 aromatic heterocycles. The largest absolute Gasteiger partial charge is 0.387 e. The van der Waals surface area contributed by atoms with E-state index in [1.54, 1.807) is 6.33 Å². The molecule has 1 aliphatic rings. The Hall–Kier alpha value is -1.72. The summed E-state index contributed by atoms with van der Waals surface area (Å²) in [6.45, 7) is 5.39. The van der Waals surface area contributed by atoms with E-state index in [1.165, 1.54) is 5.56 Å². The van der Waals surface area contributed by atoms with Crippen LogP contribution in [0.5, 0.6) is 0 Å². The van der Waals surface area contributed by atoms with Gasteiger partial charge >= 0.3 is 0 Å². The zero-order chi connectivity index (χ0) is 14.7. The molecule has 2 heterocycles. The summed E-state index contributed by atoms with van der Waals surface area (Å²) in [5.41, 5.74) is 2.32. The lowest BCUT2D eigenvalue weighted by molar-refractivity contribution is 0.0962. The first-order valence-electron chi connectivity index (χ1n) is 7.62. The predicted octanol–water partition coefficient (Wildman–Crippen LogP) is 1.78. The molecule has 3 rings (SSSR count). The van der Waals surface area contributed by atoms with Crippen LogP contribution in [-0.4, -0.2) is 37.9 Å². The normalized spacial score (nSPS) is 16.7. The first-order valence-corrected chi connectivity index (χ1v) is 7.62. The van der Waals surface area contributed by atoms with E-state index in [1.807, 2.05) is 12.1 Å². The van der Waals surface area contributed by atoms with Crippen LogP contribution in [0.2, 0.25) is 0 Å². The highest BCUT2D eigenvalue weighted by molar-refractivity contribution is 5.24. The number of benzene rings is 1. The van der Waals surface area contributed by atoms with Gasteiger partial charge in [0.05, 0.1) is 12.6 Å². The number of rotatable bonds is 5. The second-order valence-corrected chi connectivity index (χ2v) is 5.68. The number of hydrogen-bond donors (Lipinski definition) is 1. The molecule has 2 aromatic rings. The number of aliphatic hydroxyl groups is 1. The summed E-state index contributed by atoms with van der Waals surface area (Å²) in [6.07, 6.45) is 3.57. The maximum atomic E-state index is 10.4. The number of aliphatic hydroxyl groups excluding tert-OH is 1. The van der Waals surface area contributed by atoms with E-state index in [-0.39, 0.29) is 0 Å². The molecule has 0 aliphatic carbocycles. The molecule has 5 nitrogen and oxygen atoms in total. The van der Waals surface area contributed by atoms with E-state index in [4.69, 9.17) is 0 Å². The lowest BCUT2D eigenvalue weighted by Gasteiger charge is -2.28. The Morgan fingerprint density at radius 3 is 2.81 bits per heavy atom. The Bertz CT molecular complexity index is 578. The quantitative estimate of drug-likeness (QED) is 0.910. The second-order valence-electron chi connectivity index (χ2n) is 5.68. The number of aryl methyl sites for hydroxylation is 1. The van der Waals surface area contributed by atoms with Crippen LogP contribution in [0.25, 0.3) is 0 Å². The predicted molar refractivity (Wildman–Crippen MR) is 80.7 cm³/mol. The fraction of sp³-hybridized carbons (Fsp3) is 0.500. The van der Waals surface area contributed by atoms with Gasteiger partial charge in [0.25, 0.3) is 0 Å². The molecule has 0 bridgehead atoms. The molecular formula is C16H22N4O. The van der Waals surface area contributed by atoms with Gasteiger partial charge in [-0.3, -0.25) is 4.90 Å². The van der Waals surface area contributed by atoms with E-state index in [9.17, 15) is 5.11 Å². The Labute approximate surface area is 125 Å². The average Bonchev–Trinajstić information content (AvgIpc) is 2.96. The Kier molecular flexibility index (Phi) is 4.31. The third-order valence-electron chi connectivity index (χ3n) is 4.05. The molecule has 1 atom stereocenters. The zero-order valence-corrected chi connectivity index (χ0v) is 12.4. The van der Waals surface area contributed by atoms with E-state index < -0.39 is 6.10 Å². The summed E-state index contributed by atoms with van der Waals surface area (Å²) in [5.74, 6) is 0.978. The van der Waals surface area contributed by atoms with Gasteiger partial charge in [-0.15, -0.1) is 10.2 Å². The van der Waals surface area contributed by atoms with Gasteiger partial charge in [0.1, 0.15) is 12.2 Å². The third-order valence-corrected chi connectivity index (χ3v) is 4.05. The van der Waals surface area contributed by atoms with Crippen LogP contribution in [0.4, 0.5) is 0 Å². The number of hydrogen-bond acceptors (Lipinski definition) is 4. The molecular weight excluding hydrogens is 264 g/mol. The Morgan fingerprint density at radius 1 is 1.24 bits per heavy atom. The van der Waals surface area contributed by atoms with Crippen LogP contribution >= 0.6 is 0 Å².